The number of nitrogens with one attached hydrogen (secondary N) is 2. The Labute approximate surface area is 278 Å². The van der Waals surface area contributed by atoms with Crippen LogP contribution in [0.3, 0.4) is 0 Å². The van der Waals surface area contributed by atoms with Crippen LogP contribution in [0.25, 0.3) is 0 Å². The van der Waals surface area contributed by atoms with Crippen LogP contribution in [0.1, 0.15) is 116 Å². The maximum atomic E-state index is 11.0. The third kappa shape index (κ3) is 16.8. The summed E-state index contributed by atoms with van der Waals surface area (Å²) in [4.78, 5) is 22.0. The molecule has 256 valence electrons. The molecule has 46 heavy (non-hydrogen) atoms. The fraction of sp³-hybridized carbons (Fsp3) is 0.737. The summed E-state index contributed by atoms with van der Waals surface area (Å²) in [7, 11) is 0. The number of hydrazine groups is 1. The second kappa shape index (κ2) is 23.7. The fourth-order valence-corrected chi connectivity index (χ4v) is 6.16. The van der Waals surface area contributed by atoms with E-state index in [1.165, 1.54) is 12.2 Å². The summed E-state index contributed by atoms with van der Waals surface area (Å²) in [6.07, 6.45) is 22.2. The third-order valence-corrected chi connectivity index (χ3v) is 9.05. The Kier molecular flexibility index (Phi) is 19.5. The average Bonchev–Trinajstić information content (AvgIpc) is 3.09. The standard InChI is InChI=1S/C38H58N2O6/c1-3-37(41)45-29-11-7-5-9-27-43-35-23-15-31(16-24-35)13-19-33-21-22-34(40-39-33)20-14-32-17-25-36(26-18-32)44-28-10-6-8-12-30-46-38(42)4-2/h3-4,31-36,39-40H,1-2,5-12,15-18,21-30H2. The number of hydrogen-bond donors (Lipinski definition) is 2. The van der Waals surface area contributed by atoms with Gasteiger partial charge in [0.05, 0.1) is 37.5 Å². The average molecular weight is 639 g/mol. The number of unbranched alkanes of at least 4 members (excludes halogenated alkanes) is 6. The van der Waals surface area contributed by atoms with Gasteiger partial charge in [-0.3, -0.25) is 0 Å². The highest BCUT2D eigenvalue weighted by Gasteiger charge is 2.23. The highest BCUT2D eigenvalue weighted by molar-refractivity contribution is 5.81. The lowest BCUT2D eigenvalue weighted by Crippen LogP contribution is -2.50. The van der Waals surface area contributed by atoms with E-state index in [-0.39, 0.29) is 24.0 Å². The molecule has 8 heteroatoms. The summed E-state index contributed by atoms with van der Waals surface area (Å²) in [5, 5.41) is 0. The van der Waals surface area contributed by atoms with Crippen molar-refractivity contribution in [1.82, 2.24) is 10.9 Å². The van der Waals surface area contributed by atoms with Gasteiger partial charge in [0.1, 0.15) is 0 Å². The van der Waals surface area contributed by atoms with Gasteiger partial charge in [0.25, 0.3) is 0 Å². The quantitative estimate of drug-likeness (QED) is 0.0777. The number of ether oxygens (including phenoxy) is 4. The maximum Gasteiger partial charge on any atom is 0.330 e. The normalized spacial score (nSPS) is 26.0. The van der Waals surface area contributed by atoms with Crippen molar-refractivity contribution in [3.8, 4) is 23.7 Å². The summed E-state index contributed by atoms with van der Waals surface area (Å²) in [5.41, 5.74) is 6.80. The van der Waals surface area contributed by atoms with Crippen molar-refractivity contribution in [3.63, 3.8) is 0 Å². The van der Waals surface area contributed by atoms with Crippen molar-refractivity contribution in [2.75, 3.05) is 26.4 Å². The highest BCUT2D eigenvalue weighted by atomic mass is 16.5. The van der Waals surface area contributed by atoms with Gasteiger partial charge >= 0.3 is 11.9 Å². The molecular weight excluding hydrogens is 580 g/mol. The largest absolute Gasteiger partial charge is 0.463 e. The Balaban J connectivity index is 1.16. The van der Waals surface area contributed by atoms with Crippen LogP contribution in [0.15, 0.2) is 25.3 Å². The highest BCUT2D eigenvalue weighted by Crippen LogP contribution is 2.27. The molecule has 0 amide bonds. The predicted molar refractivity (Wildman–Crippen MR) is 181 cm³/mol. The summed E-state index contributed by atoms with van der Waals surface area (Å²) in [6, 6.07) is 0.379. The first-order chi connectivity index (χ1) is 22.6. The molecule has 3 fully saturated rings. The van der Waals surface area contributed by atoms with Crippen LogP contribution in [0.5, 0.6) is 0 Å². The molecule has 2 N–H and O–H groups in total. The Bertz CT molecular complexity index is 933. The first kappa shape index (κ1) is 37.8. The van der Waals surface area contributed by atoms with E-state index in [1.54, 1.807) is 0 Å². The second-order valence-corrected chi connectivity index (χ2v) is 12.8. The molecule has 0 aromatic carbocycles. The molecule has 1 aliphatic heterocycles. The van der Waals surface area contributed by atoms with E-state index in [2.05, 4.69) is 47.7 Å². The van der Waals surface area contributed by atoms with Crippen molar-refractivity contribution < 1.29 is 28.5 Å². The molecule has 2 atom stereocenters. The minimum atomic E-state index is -0.343. The molecule has 2 saturated carbocycles. The Hall–Kier alpha value is -2.62. The van der Waals surface area contributed by atoms with Crippen LogP contribution in [0.2, 0.25) is 0 Å². The molecule has 1 heterocycles. The zero-order valence-corrected chi connectivity index (χ0v) is 28.0. The molecule has 0 spiro atoms. The van der Waals surface area contributed by atoms with Crippen LogP contribution in [-0.4, -0.2) is 62.7 Å². The minimum Gasteiger partial charge on any atom is -0.463 e. The van der Waals surface area contributed by atoms with E-state index in [1.807, 2.05) is 0 Å². The van der Waals surface area contributed by atoms with Crippen LogP contribution in [0.4, 0.5) is 0 Å². The summed E-state index contributed by atoms with van der Waals surface area (Å²) in [5.74, 6) is 14.3. The van der Waals surface area contributed by atoms with Crippen molar-refractivity contribution in [2.45, 2.75) is 140 Å². The van der Waals surface area contributed by atoms with Gasteiger partial charge in [-0.25, -0.2) is 20.4 Å². The lowest BCUT2D eigenvalue weighted by Gasteiger charge is -2.28. The van der Waals surface area contributed by atoms with Crippen molar-refractivity contribution in [3.05, 3.63) is 25.3 Å². The van der Waals surface area contributed by atoms with Gasteiger partial charge in [0.15, 0.2) is 0 Å². The molecule has 0 aromatic rings. The summed E-state index contributed by atoms with van der Waals surface area (Å²) < 4.78 is 22.2. The van der Waals surface area contributed by atoms with Crippen LogP contribution >= 0.6 is 0 Å². The van der Waals surface area contributed by atoms with E-state index in [4.69, 9.17) is 18.9 Å². The van der Waals surface area contributed by atoms with Gasteiger partial charge in [-0.1, -0.05) is 49.7 Å². The van der Waals surface area contributed by atoms with E-state index in [0.717, 1.165) is 129 Å². The summed E-state index contributed by atoms with van der Waals surface area (Å²) in [6.45, 7) is 9.37. The Morgan fingerprint density at radius 2 is 0.891 bits per heavy atom. The predicted octanol–water partition coefficient (Wildman–Crippen LogP) is 6.35. The third-order valence-electron chi connectivity index (χ3n) is 9.05. The van der Waals surface area contributed by atoms with Crippen molar-refractivity contribution in [1.29, 1.82) is 0 Å². The molecule has 2 aliphatic carbocycles. The van der Waals surface area contributed by atoms with E-state index >= 15 is 0 Å². The number of hydrogen-bond acceptors (Lipinski definition) is 8. The molecule has 2 unspecified atom stereocenters. The zero-order valence-electron chi connectivity index (χ0n) is 28.0. The number of carbonyl (C=O) groups excluding carboxylic acids is 2. The lowest BCUT2D eigenvalue weighted by molar-refractivity contribution is -0.138. The van der Waals surface area contributed by atoms with Gasteiger partial charge in [0, 0.05) is 37.2 Å². The first-order valence-electron chi connectivity index (χ1n) is 17.9. The van der Waals surface area contributed by atoms with Gasteiger partial charge in [-0.2, -0.15) is 0 Å². The van der Waals surface area contributed by atoms with Gasteiger partial charge < -0.3 is 18.9 Å². The molecule has 8 nitrogen and oxygen atoms in total. The Morgan fingerprint density at radius 3 is 1.24 bits per heavy atom. The summed E-state index contributed by atoms with van der Waals surface area (Å²) >= 11 is 0. The lowest BCUT2D eigenvalue weighted by atomic mass is 9.87. The topological polar surface area (TPSA) is 95.1 Å². The molecular formula is C38H58N2O6. The van der Waals surface area contributed by atoms with Crippen LogP contribution in [-0.2, 0) is 28.5 Å². The monoisotopic (exact) mass is 638 g/mol. The molecule has 0 aromatic heterocycles. The molecule has 0 radical (unpaired) electrons. The SMILES string of the molecule is C=CC(=O)OCCCCCCOC1CCC(C#CC2CCC(C#CC3CCC(OCCCCCCOC(=O)C=C)CC3)NN2)CC1. The minimum absolute atomic E-state index is 0.190. The van der Waals surface area contributed by atoms with E-state index in [9.17, 15) is 9.59 Å². The number of rotatable bonds is 18. The first-order valence-corrected chi connectivity index (χ1v) is 17.9. The second-order valence-electron chi connectivity index (χ2n) is 12.8. The van der Waals surface area contributed by atoms with Gasteiger partial charge in [0.2, 0.25) is 0 Å². The number of esters is 2. The smallest absolute Gasteiger partial charge is 0.330 e. The van der Waals surface area contributed by atoms with Crippen molar-refractivity contribution >= 4 is 11.9 Å². The molecule has 3 rings (SSSR count). The molecule has 3 aliphatic rings. The maximum absolute atomic E-state index is 11.0. The zero-order chi connectivity index (χ0) is 32.7. The molecule has 1 saturated heterocycles. The number of carbonyl (C=O) groups is 2. The van der Waals surface area contributed by atoms with Gasteiger partial charge in [-0.15, -0.1) is 0 Å². The van der Waals surface area contributed by atoms with Crippen LogP contribution in [0, 0.1) is 35.5 Å². The van der Waals surface area contributed by atoms with Gasteiger partial charge in [-0.05, 0) is 103 Å². The van der Waals surface area contributed by atoms with Crippen LogP contribution < -0.4 is 10.9 Å². The molecule has 0 bridgehead atoms. The van der Waals surface area contributed by atoms with E-state index < -0.39 is 0 Å². The Morgan fingerprint density at radius 1 is 0.522 bits per heavy atom. The van der Waals surface area contributed by atoms with E-state index in [0.29, 0.717) is 37.3 Å². The fourth-order valence-electron chi connectivity index (χ4n) is 6.16. The van der Waals surface area contributed by atoms with Crippen molar-refractivity contribution in [2.24, 2.45) is 11.8 Å².